The smallest absolute Gasteiger partial charge is 0.149 e. The maximum Gasteiger partial charge on any atom is 0.149 e. The Morgan fingerprint density at radius 1 is 0.944 bits per heavy atom. The molecule has 2 aromatic rings. The Bertz CT molecular complexity index is 524. The summed E-state index contributed by atoms with van der Waals surface area (Å²) in [4.78, 5) is 0. The molecule has 2 rings (SSSR count). The van der Waals surface area contributed by atoms with Crippen LogP contribution in [0.1, 0.15) is 18.9 Å². The number of aryl methyl sites for hydroxylation is 1. The molecule has 0 heterocycles. The average Bonchev–Trinajstić information content (AvgIpc) is 2.37. The molecular weight excluding hydrogens is 232 g/mol. The highest BCUT2D eigenvalue weighted by Crippen LogP contribution is 2.26. The van der Waals surface area contributed by atoms with E-state index in [4.69, 9.17) is 5.73 Å². The summed E-state index contributed by atoms with van der Waals surface area (Å²) in [5, 5.41) is 0. The van der Waals surface area contributed by atoms with Gasteiger partial charge in [0.05, 0.1) is 0 Å². The Morgan fingerprint density at radius 2 is 1.50 bits per heavy atom. The van der Waals surface area contributed by atoms with Crippen LogP contribution < -0.4 is 5.73 Å². The van der Waals surface area contributed by atoms with Gasteiger partial charge in [-0.05, 0) is 35.2 Å². The molecule has 0 saturated carbocycles. The Labute approximate surface area is 105 Å². The van der Waals surface area contributed by atoms with Gasteiger partial charge in [0, 0.05) is 0 Å². The van der Waals surface area contributed by atoms with Gasteiger partial charge in [-0.3, -0.25) is 0 Å². The Hall–Kier alpha value is -1.90. The molecule has 0 amide bonds. The Kier molecular flexibility index (Phi) is 3.60. The van der Waals surface area contributed by atoms with Crippen molar-refractivity contribution in [3.05, 3.63) is 53.6 Å². The third-order valence-electron chi connectivity index (χ3n) is 2.90. The largest absolute Gasteiger partial charge is 0.394 e. The fraction of sp³-hybridized carbons (Fsp3) is 0.200. The molecule has 2 aromatic carbocycles. The van der Waals surface area contributed by atoms with E-state index in [0.717, 1.165) is 18.4 Å². The first-order chi connectivity index (χ1) is 8.61. The van der Waals surface area contributed by atoms with Crippen LogP contribution in [-0.2, 0) is 6.42 Å². The van der Waals surface area contributed by atoms with E-state index in [1.807, 2.05) is 24.3 Å². The molecule has 18 heavy (non-hydrogen) atoms. The fourth-order valence-electron chi connectivity index (χ4n) is 1.90. The third-order valence-corrected chi connectivity index (χ3v) is 2.90. The van der Waals surface area contributed by atoms with E-state index in [-0.39, 0.29) is 0 Å². The summed E-state index contributed by atoms with van der Waals surface area (Å²) in [6, 6.07) is 10.2. The molecule has 0 aromatic heterocycles. The van der Waals surface area contributed by atoms with Gasteiger partial charge in [0.15, 0.2) is 0 Å². The van der Waals surface area contributed by atoms with Crippen LogP contribution in [0.25, 0.3) is 11.1 Å². The van der Waals surface area contributed by atoms with Gasteiger partial charge in [0.1, 0.15) is 17.3 Å². The zero-order valence-corrected chi connectivity index (χ0v) is 10.2. The zero-order chi connectivity index (χ0) is 13.1. The number of hydrogen-bond acceptors (Lipinski definition) is 1. The van der Waals surface area contributed by atoms with E-state index in [9.17, 15) is 8.78 Å². The van der Waals surface area contributed by atoms with Crippen molar-refractivity contribution in [3.63, 3.8) is 0 Å². The summed E-state index contributed by atoms with van der Waals surface area (Å²) in [6.45, 7) is 2.11. The van der Waals surface area contributed by atoms with Crippen LogP contribution in [0, 0.1) is 11.6 Å². The Morgan fingerprint density at radius 3 is 2.00 bits per heavy atom. The number of benzene rings is 2. The predicted molar refractivity (Wildman–Crippen MR) is 70.2 cm³/mol. The first-order valence-corrected chi connectivity index (χ1v) is 5.95. The van der Waals surface area contributed by atoms with Crippen molar-refractivity contribution in [2.24, 2.45) is 0 Å². The van der Waals surface area contributed by atoms with Crippen molar-refractivity contribution < 1.29 is 8.78 Å². The number of nitrogens with two attached hydrogens (primary N) is 1. The molecule has 0 aliphatic heterocycles. The molecule has 0 spiro atoms. The molecule has 0 radical (unpaired) electrons. The molecule has 0 aliphatic carbocycles. The number of halogens is 2. The van der Waals surface area contributed by atoms with E-state index in [1.54, 1.807) is 0 Å². The lowest BCUT2D eigenvalue weighted by Gasteiger charge is -2.06. The van der Waals surface area contributed by atoms with E-state index in [0.29, 0.717) is 5.56 Å². The van der Waals surface area contributed by atoms with E-state index < -0.39 is 17.3 Å². The summed E-state index contributed by atoms with van der Waals surface area (Å²) in [7, 11) is 0. The van der Waals surface area contributed by atoms with Crippen LogP contribution in [-0.4, -0.2) is 0 Å². The van der Waals surface area contributed by atoms with Gasteiger partial charge < -0.3 is 5.73 Å². The third kappa shape index (κ3) is 2.50. The first kappa shape index (κ1) is 12.6. The van der Waals surface area contributed by atoms with Gasteiger partial charge >= 0.3 is 0 Å². The second-order valence-electron chi connectivity index (χ2n) is 4.30. The summed E-state index contributed by atoms with van der Waals surface area (Å²) < 4.78 is 26.7. The molecule has 94 valence electrons. The zero-order valence-electron chi connectivity index (χ0n) is 10.2. The van der Waals surface area contributed by atoms with Gasteiger partial charge in [-0.25, -0.2) is 8.78 Å². The van der Waals surface area contributed by atoms with Crippen LogP contribution in [0.5, 0.6) is 0 Å². The predicted octanol–water partition coefficient (Wildman–Crippen LogP) is 4.17. The van der Waals surface area contributed by atoms with Crippen molar-refractivity contribution in [2.75, 3.05) is 5.73 Å². The summed E-state index contributed by atoms with van der Waals surface area (Å²) in [6.07, 6.45) is 2.08. The first-order valence-electron chi connectivity index (χ1n) is 5.95. The molecule has 2 N–H and O–H groups in total. The van der Waals surface area contributed by atoms with Crippen LogP contribution in [0.4, 0.5) is 14.5 Å². The standard InChI is InChI=1S/C15H15F2N/c1-2-3-10-4-6-11(7-5-10)12-8-13(16)15(18)14(17)9-12/h4-9H,2-3,18H2,1H3. The minimum atomic E-state index is -0.720. The number of hydrogen-bond donors (Lipinski definition) is 1. The molecule has 0 atom stereocenters. The molecule has 3 heteroatoms. The molecule has 0 bridgehead atoms. The van der Waals surface area contributed by atoms with Crippen molar-refractivity contribution in [1.82, 2.24) is 0 Å². The van der Waals surface area contributed by atoms with Crippen molar-refractivity contribution >= 4 is 5.69 Å². The van der Waals surface area contributed by atoms with Crippen molar-refractivity contribution in [2.45, 2.75) is 19.8 Å². The van der Waals surface area contributed by atoms with Gasteiger partial charge in [-0.1, -0.05) is 37.6 Å². The quantitative estimate of drug-likeness (QED) is 0.809. The van der Waals surface area contributed by atoms with Crippen molar-refractivity contribution in [3.8, 4) is 11.1 Å². The summed E-state index contributed by atoms with van der Waals surface area (Å²) in [5.74, 6) is -1.44. The highest BCUT2D eigenvalue weighted by Gasteiger charge is 2.08. The van der Waals surface area contributed by atoms with Crippen LogP contribution >= 0.6 is 0 Å². The second kappa shape index (κ2) is 5.17. The van der Waals surface area contributed by atoms with Crippen LogP contribution in [0.3, 0.4) is 0 Å². The highest BCUT2D eigenvalue weighted by molar-refractivity contribution is 5.66. The second-order valence-corrected chi connectivity index (χ2v) is 4.30. The van der Waals surface area contributed by atoms with Gasteiger partial charge in [0.25, 0.3) is 0 Å². The molecular formula is C15H15F2N. The van der Waals surface area contributed by atoms with Crippen molar-refractivity contribution in [1.29, 1.82) is 0 Å². The molecule has 1 nitrogen and oxygen atoms in total. The van der Waals surface area contributed by atoms with E-state index in [1.165, 1.54) is 17.7 Å². The maximum absolute atomic E-state index is 13.4. The van der Waals surface area contributed by atoms with Gasteiger partial charge in [-0.15, -0.1) is 0 Å². The average molecular weight is 247 g/mol. The summed E-state index contributed by atoms with van der Waals surface area (Å²) in [5.41, 5.74) is 7.32. The lowest BCUT2D eigenvalue weighted by Crippen LogP contribution is -1.96. The SMILES string of the molecule is CCCc1ccc(-c2cc(F)c(N)c(F)c2)cc1. The number of nitrogen functional groups attached to an aromatic ring is 1. The highest BCUT2D eigenvalue weighted by atomic mass is 19.1. The topological polar surface area (TPSA) is 26.0 Å². The molecule has 0 aliphatic rings. The molecule has 0 fully saturated rings. The van der Waals surface area contributed by atoms with Gasteiger partial charge in [0.2, 0.25) is 0 Å². The Balaban J connectivity index is 2.36. The van der Waals surface area contributed by atoms with Gasteiger partial charge in [-0.2, -0.15) is 0 Å². The molecule has 0 saturated heterocycles. The number of anilines is 1. The normalized spacial score (nSPS) is 10.6. The fourth-order valence-corrected chi connectivity index (χ4v) is 1.90. The van der Waals surface area contributed by atoms with Crippen LogP contribution in [0.2, 0.25) is 0 Å². The lowest BCUT2D eigenvalue weighted by atomic mass is 10.0. The molecule has 0 unspecified atom stereocenters. The minimum absolute atomic E-state index is 0.429. The van der Waals surface area contributed by atoms with E-state index >= 15 is 0 Å². The van der Waals surface area contributed by atoms with E-state index in [2.05, 4.69) is 6.92 Å². The minimum Gasteiger partial charge on any atom is -0.394 e. The lowest BCUT2D eigenvalue weighted by molar-refractivity contribution is 0.592. The van der Waals surface area contributed by atoms with Crippen LogP contribution in [0.15, 0.2) is 36.4 Å². The number of rotatable bonds is 3. The maximum atomic E-state index is 13.4. The summed E-state index contributed by atoms with van der Waals surface area (Å²) >= 11 is 0. The monoisotopic (exact) mass is 247 g/mol.